The van der Waals surface area contributed by atoms with Gasteiger partial charge in [-0.1, -0.05) is 35.3 Å². The SMILES string of the molecule is COC(=O)NCC(NC(=O)OC(C)(C)C)c1cccc(Cl)c1Cl. The van der Waals surface area contributed by atoms with Crippen LogP contribution in [0.15, 0.2) is 18.2 Å². The second kappa shape index (κ2) is 8.26. The molecule has 2 amide bonds. The first-order valence-corrected chi connectivity index (χ1v) is 7.65. The number of hydrogen-bond acceptors (Lipinski definition) is 4. The van der Waals surface area contributed by atoms with Crippen LogP contribution in [0.4, 0.5) is 9.59 Å². The Kier molecular flexibility index (Phi) is 6.97. The summed E-state index contributed by atoms with van der Waals surface area (Å²) in [6.45, 7) is 5.31. The summed E-state index contributed by atoms with van der Waals surface area (Å²) in [5.41, 5.74) is -0.0934. The van der Waals surface area contributed by atoms with E-state index in [1.807, 2.05) is 0 Å². The standard InChI is InChI=1S/C15H20Cl2N2O4/c1-15(2,3)23-14(21)19-11(8-18-13(20)22-4)9-6-5-7-10(16)12(9)17/h5-7,11H,8H2,1-4H3,(H,18,20)(H,19,21). The molecule has 0 aliphatic rings. The predicted octanol–water partition coefficient (Wildman–Crippen LogP) is 3.92. The van der Waals surface area contributed by atoms with Gasteiger partial charge in [-0.05, 0) is 32.4 Å². The first kappa shape index (κ1) is 19.4. The second-order valence-corrected chi connectivity index (χ2v) is 6.50. The molecule has 0 aliphatic carbocycles. The number of rotatable bonds is 4. The number of methoxy groups -OCH3 is 1. The molecule has 0 bridgehead atoms. The molecular formula is C15H20Cl2N2O4. The average Bonchev–Trinajstić information content (AvgIpc) is 2.44. The Morgan fingerprint density at radius 1 is 1.22 bits per heavy atom. The molecule has 0 fully saturated rings. The molecule has 8 heteroatoms. The van der Waals surface area contributed by atoms with Gasteiger partial charge in [0, 0.05) is 6.54 Å². The van der Waals surface area contributed by atoms with E-state index in [0.29, 0.717) is 15.6 Å². The van der Waals surface area contributed by atoms with Gasteiger partial charge in [-0.25, -0.2) is 9.59 Å². The molecule has 128 valence electrons. The lowest BCUT2D eigenvalue weighted by molar-refractivity contribution is 0.0502. The fourth-order valence-corrected chi connectivity index (χ4v) is 2.18. The molecule has 1 unspecified atom stereocenters. The van der Waals surface area contributed by atoms with Gasteiger partial charge in [-0.15, -0.1) is 0 Å². The maximum Gasteiger partial charge on any atom is 0.408 e. The summed E-state index contributed by atoms with van der Waals surface area (Å²) in [5.74, 6) is 0. The van der Waals surface area contributed by atoms with Crippen molar-refractivity contribution in [2.45, 2.75) is 32.4 Å². The van der Waals surface area contributed by atoms with E-state index < -0.39 is 23.8 Å². The lowest BCUT2D eigenvalue weighted by Gasteiger charge is -2.24. The Morgan fingerprint density at radius 3 is 2.43 bits per heavy atom. The topological polar surface area (TPSA) is 76.7 Å². The molecule has 2 N–H and O–H groups in total. The fraction of sp³-hybridized carbons (Fsp3) is 0.467. The van der Waals surface area contributed by atoms with E-state index in [-0.39, 0.29) is 6.54 Å². The van der Waals surface area contributed by atoms with E-state index in [2.05, 4.69) is 15.4 Å². The maximum atomic E-state index is 12.0. The Morgan fingerprint density at radius 2 is 1.87 bits per heavy atom. The van der Waals surface area contributed by atoms with Crippen molar-refractivity contribution in [3.63, 3.8) is 0 Å². The lowest BCUT2D eigenvalue weighted by Crippen LogP contribution is -2.40. The molecule has 1 rings (SSSR count). The van der Waals surface area contributed by atoms with Gasteiger partial charge in [0.15, 0.2) is 0 Å². The lowest BCUT2D eigenvalue weighted by atomic mass is 10.1. The van der Waals surface area contributed by atoms with Crippen molar-refractivity contribution in [1.29, 1.82) is 0 Å². The van der Waals surface area contributed by atoms with E-state index in [4.69, 9.17) is 27.9 Å². The molecular weight excluding hydrogens is 343 g/mol. The number of halogens is 2. The third kappa shape index (κ3) is 6.54. The van der Waals surface area contributed by atoms with Crippen LogP contribution in [0.5, 0.6) is 0 Å². The normalized spacial score (nSPS) is 12.3. The second-order valence-electron chi connectivity index (χ2n) is 5.71. The molecule has 0 heterocycles. The maximum absolute atomic E-state index is 12.0. The first-order chi connectivity index (χ1) is 10.6. The summed E-state index contributed by atoms with van der Waals surface area (Å²) in [7, 11) is 1.25. The molecule has 0 saturated heterocycles. The minimum absolute atomic E-state index is 0.0615. The van der Waals surface area contributed by atoms with Crippen LogP contribution in [0.25, 0.3) is 0 Å². The van der Waals surface area contributed by atoms with Crippen LogP contribution < -0.4 is 10.6 Å². The summed E-state index contributed by atoms with van der Waals surface area (Å²) >= 11 is 12.2. The molecule has 0 saturated carbocycles. The van der Waals surface area contributed by atoms with Crippen LogP contribution in [-0.4, -0.2) is 31.4 Å². The van der Waals surface area contributed by atoms with Crippen molar-refractivity contribution in [3.05, 3.63) is 33.8 Å². The van der Waals surface area contributed by atoms with Gasteiger partial charge < -0.3 is 20.1 Å². The van der Waals surface area contributed by atoms with Gasteiger partial charge in [0.1, 0.15) is 5.60 Å². The Bertz CT molecular complexity index is 573. The van der Waals surface area contributed by atoms with E-state index in [0.717, 1.165) is 0 Å². The van der Waals surface area contributed by atoms with Gasteiger partial charge in [-0.2, -0.15) is 0 Å². The fourth-order valence-electron chi connectivity index (χ4n) is 1.74. The highest BCUT2D eigenvalue weighted by Gasteiger charge is 2.23. The van der Waals surface area contributed by atoms with Gasteiger partial charge in [-0.3, -0.25) is 0 Å². The highest BCUT2D eigenvalue weighted by molar-refractivity contribution is 6.42. The van der Waals surface area contributed by atoms with E-state index in [1.54, 1.807) is 39.0 Å². The van der Waals surface area contributed by atoms with Crippen LogP contribution in [0, 0.1) is 0 Å². The van der Waals surface area contributed by atoms with Crippen LogP contribution >= 0.6 is 23.2 Å². The van der Waals surface area contributed by atoms with Gasteiger partial charge in [0.05, 0.1) is 23.2 Å². The summed E-state index contributed by atoms with van der Waals surface area (Å²) in [6, 6.07) is 4.40. The Labute approximate surface area is 145 Å². The molecule has 1 atom stereocenters. The number of carbonyl (C=O) groups excluding carboxylic acids is 2. The zero-order valence-corrected chi connectivity index (χ0v) is 14.9. The molecule has 1 aromatic rings. The van der Waals surface area contributed by atoms with Crippen molar-refractivity contribution in [3.8, 4) is 0 Å². The third-order valence-corrected chi connectivity index (χ3v) is 3.52. The van der Waals surface area contributed by atoms with E-state index in [9.17, 15) is 9.59 Å². The van der Waals surface area contributed by atoms with Gasteiger partial charge in [0.25, 0.3) is 0 Å². The summed E-state index contributed by atoms with van der Waals surface area (Å²) in [5, 5.41) is 5.81. The molecule has 0 spiro atoms. The third-order valence-electron chi connectivity index (χ3n) is 2.68. The average molecular weight is 363 g/mol. The van der Waals surface area contributed by atoms with Crippen LogP contribution in [0.1, 0.15) is 32.4 Å². The summed E-state index contributed by atoms with van der Waals surface area (Å²) in [6.07, 6.45) is -1.26. The number of benzene rings is 1. The number of ether oxygens (including phenoxy) is 2. The van der Waals surface area contributed by atoms with Crippen LogP contribution in [-0.2, 0) is 9.47 Å². The number of amides is 2. The summed E-state index contributed by atoms with van der Waals surface area (Å²) in [4.78, 5) is 23.3. The number of hydrogen-bond donors (Lipinski definition) is 2. The smallest absolute Gasteiger partial charge is 0.408 e. The van der Waals surface area contributed by atoms with Crippen molar-refractivity contribution < 1.29 is 19.1 Å². The number of carbonyl (C=O) groups is 2. The first-order valence-electron chi connectivity index (χ1n) is 6.89. The summed E-state index contributed by atoms with van der Waals surface area (Å²) < 4.78 is 9.75. The minimum atomic E-state index is -0.650. The van der Waals surface area contributed by atoms with Crippen molar-refractivity contribution in [1.82, 2.24) is 10.6 Å². The van der Waals surface area contributed by atoms with Crippen molar-refractivity contribution in [2.75, 3.05) is 13.7 Å². The van der Waals surface area contributed by atoms with Crippen molar-refractivity contribution in [2.24, 2.45) is 0 Å². The highest BCUT2D eigenvalue weighted by atomic mass is 35.5. The Balaban J connectivity index is 2.95. The quantitative estimate of drug-likeness (QED) is 0.850. The van der Waals surface area contributed by atoms with Crippen molar-refractivity contribution >= 4 is 35.4 Å². The molecule has 6 nitrogen and oxygen atoms in total. The minimum Gasteiger partial charge on any atom is -0.453 e. The number of alkyl carbamates (subject to hydrolysis) is 2. The van der Waals surface area contributed by atoms with Crippen LogP contribution in [0.2, 0.25) is 10.0 Å². The van der Waals surface area contributed by atoms with Gasteiger partial charge >= 0.3 is 12.2 Å². The van der Waals surface area contributed by atoms with Gasteiger partial charge in [0.2, 0.25) is 0 Å². The molecule has 23 heavy (non-hydrogen) atoms. The van der Waals surface area contributed by atoms with Crippen LogP contribution in [0.3, 0.4) is 0 Å². The molecule has 0 aromatic heterocycles. The predicted molar refractivity (Wildman–Crippen MR) is 89.0 cm³/mol. The monoisotopic (exact) mass is 362 g/mol. The van der Waals surface area contributed by atoms with E-state index >= 15 is 0 Å². The number of nitrogens with one attached hydrogen (secondary N) is 2. The zero-order chi connectivity index (χ0) is 17.6. The highest BCUT2D eigenvalue weighted by Crippen LogP contribution is 2.30. The largest absolute Gasteiger partial charge is 0.453 e. The van der Waals surface area contributed by atoms with E-state index in [1.165, 1.54) is 7.11 Å². The molecule has 0 aliphatic heterocycles. The zero-order valence-electron chi connectivity index (χ0n) is 13.4. The molecule has 1 aromatic carbocycles. The Hall–Kier alpha value is -1.66. The molecule has 0 radical (unpaired) electrons.